The summed E-state index contributed by atoms with van der Waals surface area (Å²) in [5, 5.41) is 17.0. The molecule has 1 fully saturated rings. The summed E-state index contributed by atoms with van der Waals surface area (Å²) in [5.74, 6) is -2.40. The van der Waals surface area contributed by atoms with Crippen molar-refractivity contribution in [2.75, 3.05) is 36.4 Å². The summed E-state index contributed by atoms with van der Waals surface area (Å²) < 4.78 is 62.9. The van der Waals surface area contributed by atoms with Crippen molar-refractivity contribution in [1.29, 1.82) is 0 Å². The molecule has 5 heterocycles. The van der Waals surface area contributed by atoms with Crippen LogP contribution < -0.4 is 15.8 Å². The third-order valence-corrected chi connectivity index (χ3v) is 9.48. The van der Waals surface area contributed by atoms with Gasteiger partial charge in [0.25, 0.3) is 11.5 Å². The highest BCUT2D eigenvalue weighted by molar-refractivity contribution is 6.33. The average molecular weight is 756 g/mol. The minimum absolute atomic E-state index is 0.0137. The number of piperazine rings is 1. The van der Waals surface area contributed by atoms with Gasteiger partial charge in [-0.25, -0.2) is 14.4 Å². The van der Waals surface area contributed by atoms with E-state index in [1.807, 2.05) is 0 Å². The van der Waals surface area contributed by atoms with Crippen molar-refractivity contribution in [2.24, 2.45) is 0 Å². The highest BCUT2D eigenvalue weighted by atomic mass is 35.5. The molecule has 53 heavy (non-hydrogen) atoms. The molecule has 19 heteroatoms. The summed E-state index contributed by atoms with van der Waals surface area (Å²) in [7, 11) is 0. The molecule has 1 saturated heterocycles. The number of aryl methyl sites for hydroxylation is 1. The van der Waals surface area contributed by atoms with Gasteiger partial charge in [0.05, 0.1) is 46.4 Å². The Balaban J connectivity index is 1.27. The molecule has 0 saturated carbocycles. The van der Waals surface area contributed by atoms with Crippen molar-refractivity contribution in [2.45, 2.75) is 46.2 Å². The van der Waals surface area contributed by atoms with E-state index in [-0.39, 0.29) is 96.5 Å². The van der Waals surface area contributed by atoms with E-state index in [2.05, 4.69) is 25.4 Å². The second kappa shape index (κ2) is 13.7. The van der Waals surface area contributed by atoms with Crippen molar-refractivity contribution < 1.29 is 37.0 Å². The zero-order valence-corrected chi connectivity index (χ0v) is 28.9. The Morgan fingerprint density at radius 1 is 1.06 bits per heavy atom. The predicted octanol–water partition coefficient (Wildman–Crippen LogP) is 4.37. The van der Waals surface area contributed by atoms with Crippen LogP contribution in [0.3, 0.4) is 0 Å². The Labute approximate surface area is 302 Å². The number of fused-ring (bicyclic) bond motifs is 2. The highest BCUT2D eigenvalue weighted by Crippen LogP contribution is 2.34. The molecule has 0 atom stereocenters. The minimum Gasteiger partial charge on any atom is -0.504 e. The van der Waals surface area contributed by atoms with Crippen LogP contribution in [-0.4, -0.2) is 77.1 Å². The Morgan fingerprint density at radius 2 is 1.77 bits per heavy atom. The van der Waals surface area contributed by atoms with Gasteiger partial charge in [-0.1, -0.05) is 18.5 Å². The first-order valence-corrected chi connectivity index (χ1v) is 16.8. The largest absolute Gasteiger partial charge is 0.504 e. The standard InChI is InChI=1S/C34H30ClF4N9O5/c1-3-25-28(45-6-8-46(9-7-45)31(51)27-29(50)17(2)40-16-41-27)32(52)48-33(43-30(44-48)21-10-18-14-53-15-19(18)11-23(21)36)47(25)13-26(49)42-24-5-4-20(12-22(24)35)34(37,38)39/h4-5,10-12,16,50H,3,6-9,13-15H2,1-2H3,(H,42,49). The maximum absolute atomic E-state index is 15.4. The molecule has 0 unspecified atom stereocenters. The van der Waals surface area contributed by atoms with Gasteiger partial charge in [0, 0.05) is 26.2 Å². The van der Waals surface area contributed by atoms with Crippen LogP contribution in [0.5, 0.6) is 5.75 Å². The number of hydrogen-bond donors (Lipinski definition) is 2. The topological polar surface area (TPSA) is 160 Å². The Hall–Kier alpha value is -5.62. The van der Waals surface area contributed by atoms with Crippen LogP contribution in [-0.2, 0) is 41.9 Å². The number of hydrogen-bond acceptors (Lipinski definition) is 10. The van der Waals surface area contributed by atoms with Gasteiger partial charge in [0.1, 0.15) is 24.4 Å². The predicted molar refractivity (Wildman–Crippen MR) is 182 cm³/mol. The van der Waals surface area contributed by atoms with Crippen molar-refractivity contribution in [3.05, 3.63) is 91.6 Å². The number of ether oxygens (including phenoxy) is 1. The van der Waals surface area contributed by atoms with E-state index in [4.69, 9.17) is 16.3 Å². The highest BCUT2D eigenvalue weighted by Gasteiger charge is 2.33. The molecular weight excluding hydrogens is 726 g/mol. The van der Waals surface area contributed by atoms with Crippen molar-refractivity contribution in [3.8, 4) is 17.1 Å². The van der Waals surface area contributed by atoms with E-state index in [0.29, 0.717) is 17.3 Å². The Bertz CT molecular complexity index is 2360. The maximum atomic E-state index is 15.4. The Morgan fingerprint density at radius 3 is 2.45 bits per heavy atom. The van der Waals surface area contributed by atoms with Crippen molar-refractivity contribution in [3.63, 3.8) is 0 Å². The normalized spacial score (nSPS) is 14.5. The number of halogens is 5. The van der Waals surface area contributed by atoms with Gasteiger partial charge in [-0.05, 0) is 54.8 Å². The SMILES string of the molecule is CCc1c(N2CCN(C(=O)c3ncnc(C)c3O)CC2)c(=O)n2nc(-c3cc4c(cc3F)COC4)nc2n1CC(=O)Nc1ccc(C(F)(F)F)cc1Cl. The molecule has 2 amide bonds. The lowest BCUT2D eigenvalue weighted by Crippen LogP contribution is -2.51. The fourth-order valence-corrected chi connectivity index (χ4v) is 6.67. The lowest BCUT2D eigenvalue weighted by Gasteiger charge is -2.36. The molecule has 2 aliphatic heterocycles. The summed E-state index contributed by atoms with van der Waals surface area (Å²) in [4.78, 5) is 56.7. The molecule has 0 bridgehead atoms. The van der Waals surface area contributed by atoms with Gasteiger partial charge in [0.15, 0.2) is 17.3 Å². The van der Waals surface area contributed by atoms with Gasteiger partial charge >= 0.3 is 6.18 Å². The molecule has 276 valence electrons. The van der Waals surface area contributed by atoms with Gasteiger partial charge in [0.2, 0.25) is 11.7 Å². The van der Waals surface area contributed by atoms with E-state index in [9.17, 15) is 32.7 Å². The van der Waals surface area contributed by atoms with Crippen LogP contribution in [0.2, 0.25) is 5.02 Å². The lowest BCUT2D eigenvalue weighted by molar-refractivity contribution is -0.137. The summed E-state index contributed by atoms with van der Waals surface area (Å²) in [6.07, 6.45) is -3.26. The molecule has 3 aromatic heterocycles. The third kappa shape index (κ3) is 6.63. The number of aromatic hydroxyl groups is 1. The second-order valence-electron chi connectivity index (χ2n) is 12.5. The molecule has 7 rings (SSSR count). The summed E-state index contributed by atoms with van der Waals surface area (Å²) in [6, 6.07) is 5.39. The van der Waals surface area contributed by atoms with Crippen molar-refractivity contribution >= 4 is 40.6 Å². The third-order valence-electron chi connectivity index (χ3n) is 9.17. The monoisotopic (exact) mass is 755 g/mol. The average Bonchev–Trinajstić information content (AvgIpc) is 3.78. The molecular formula is C34H30ClF4N9O5. The van der Waals surface area contributed by atoms with Gasteiger partial charge < -0.3 is 29.5 Å². The molecule has 5 aromatic rings. The summed E-state index contributed by atoms with van der Waals surface area (Å²) >= 11 is 6.11. The van der Waals surface area contributed by atoms with E-state index in [1.54, 1.807) is 24.8 Å². The maximum Gasteiger partial charge on any atom is 0.416 e. The molecule has 2 N–H and O–H groups in total. The van der Waals surface area contributed by atoms with Crippen LogP contribution in [0.15, 0.2) is 41.5 Å². The molecule has 0 aliphatic carbocycles. The van der Waals surface area contributed by atoms with Gasteiger partial charge in [-0.15, -0.1) is 5.10 Å². The fourth-order valence-electron chi connectivity index (χ4n) is 6.45. The van der Waals surface area contributed by atoms with Gasteiger partial charge in [-0.2, -0.15) is 22.7 Å². The quantitative estimate of drug-likeness (QED) is 0.229. The van der Waals surface area contributed by atoms with Crippen LogP contribution in [0.25, 0.3) is 17.2 Å². The van der Waals surface area contributed by atoms with Crippen LogP contribution in [0.4, 0.5) is 28.9 Å². The summed E-state index contributed by atoms with van der Waals surface area (Å²) in [6.45, 7) is 3.92. The van der Waals surface area contributed by atoms with Crippen LogP contribution in [0.1, 0.15) is 45.5 Å². The van der Waals surface area contributed by atoms with Gasteiger partial charge in [-0.3, -0.25) is 14.4 Å². The van der Waals surface area contributed by atoms with E-state index in [0.717, 1.165) is 22.2 Å². The number of alkyl halides is 3. The molecule has 0 spiro atoms. The number of benzene rings is 2. The lowest BCUT2D eigenvalue weighted by atomic mass is 10.1. The number of nitrogens with one attached hydrogen (secondary N) is 1. The Kier molecular flexibility index (Phi) is 9.27. The molecule has 2 aromatic carbocycles. The molecule has 14 nitrogen and oxygen atoms in total. The number of carbonyl (C=O) groups is 2. The van der Waals surface area contributed by atoms with E-state index >= 15 is 4.39 Å². The number of nitrogens with zero attached hydrogens (tertiary/aromatic N) is 8. The first kappa shape index (κ1) is 35.8. The number of anilines is 2. The van der Waals surface area contributed by atoms with E-state index < -0.39 is 41.5 Å². The van der Waals surface area contributed by atoms with Crippen LogP contribution in [0, 0.1) is 12.7 Å². The smallest absolute Gasteiger partial charge is 0.416 e. The number of carbonyl (C=O) groups excluding carboxylic acids is 2. The summed E-state index contributed by atoms with van der Waals surface area (Å²) in [5.41, 5.74) is 0.364. The fraction of sp³-hybridized carbons (Fsp3) is 0.324. The second-order valence-corrected chi connectivity index (χ2v) is 12.9. The minimum atomic E-state index is -4.65. The first-order chi connectivity index (χ1) is 25.2. The number of rotatable bonds is 7. The molecule has 2 aliphatic rings. The molecule has 0 radical (unpaired) electrons. The van der Waals surface area contributed by atoms with Crippen molar-refractivity contribution in [1.82, 2.24) is 34.0 Å². The zero-order valence-electron chi connectivity index (χ0n) is 28.2. The van der Waals surface area contributed by atoms with Crippen LogP contribution >= 0.6 is 11.6 Å². The first-order valence-electron chi connectivity index (χ1n) is 16.4. The number of aromatic nitrogens is 6. The van der Waals surface area contributed by atoms with E-state index in [1.165, 1.54) is 21.9 Å². The number of amides is 2. The zero-order chi connectivity index (χ0) is 37.8.